The molecule has 0 bridgehead atoms. The molecule has 5 rings (SSSR count). The zero-order valence-corrected chi connectivity index (χ0v) is 17.2. The molecule has 0 spiro atoms. The number of fused-ring (bicyclic) bond motifs is 1. The second-order valence-electron chi connectivity index (χ2n) is 7.28. The first-order chi connectivity index (χ1) is 14.2. The van der Waals surface area contributed by atoms with E-state index in [9.17, 15) is 0 Å². The van der Waals surface area contributed by atoms with Crippen LogP contribution in [0.25, 0.3) is 33.4 Å². The average molecular weight is 403 g/mol. The van der Waals surface area contributed by atoms with Crippen molar-refractivity contribution < 1.29 is 4.74 Å². The quantitative estimate of drug-likeness (QED) is 0.536. The lowest BCUT2D eigenvalue weighted by Gasteiger charge is -2.28. The molecule has 0 aromatic carbocycles. The van der Waals surface area contributed by atoms with Crippen molar-refractivity contribution in [2.75, 3.05) is 31.2 Å². The van der Waals surface area contributed by atoms with Crippen molar-refractivity contribution >= 4 is 16.7 Å². The number of aromatic amines is 1. The number of aromatic nitrogens is 5. The van der Waals surface area contributed by atoms with Crippen LogP contribution in [0.15, 0.2) is 42.9 Å². The number of anilines is 1. The summed E-state index contributed by atoms with van der Waals surface area (Å²) in [6.07, 6.45) is 5.50. The van der Waals surface area contributed by atoms with Gasteiger partial charge >= 0.3 is 0 Å². The number of hydrogen-bond donors (Lipinski definition) is 2. The number of aryl methyl sites for hydroxylation is 2. The van der Waals surface area contributed by atoms with Gasteiger partial charge in [-0.25, -0.2) is 4.98 Å². The van der Waals surface area contributed by atoms with E-state index in [4.69, 9.17) is 9.72 Å². The van der Waals surface area contributed by atoms with E-state index in [0.717, 1.165) is 58.0 Å². The number of pyridine rings is 3. The number of morpholine rings is 1. The van der Waals surface area contributed by atoms with E-state index >= 15 is 0 Å². The first kappa shape index (κ1) is 19.9. The maximum absolute atomic E-state index is 5.53. The van der Waals surface area contributed by atoms with Crippen molar-refractivity contribution in [1.29, 1.82) is 0 Å². The highest BCUT2D eigenvalue weighted by Crippen LogP contribution is 2.35. The molecule has 1 aliphatic rings. The smallest absolute Gasteiger partial charge is 0.130 e. The van der Waals surface area contributed by atoms with Crippen molar-refractivity contribution in [3.63, 3.8) is 0 Å². The molecule has 154 valence electrons. The van der Waals surface area contributed by atoms with Crippen LogP contribution in [-0.4, -0.2) is 51.5 Å². The third-order valence-corrected chi connectivity index (χ3v) is 5.46. The van der Waals surface area contributed by atoms with Gasteiger partial charge in [0, 0.05) is 48.3 Å². The number of ether oxygens (including phenoxy) is 1. The number of nitrogens with zero attached hydrogens (tertiary/aromatic N) is 5. The van der Waals surface area contributed by atoms with Crippen molar-refractivity contribution in [2.24, 2.45) is 0 Å². The van der Waals surface area contributed by atoms with Crippen LogP contribution in [0, 0.1) is 13.8 Å². The summed E-state index contributed by atoms with van der Waals surface area (Å²) < 4.78 is 5.53. The monoisotopic (exact) mass is 403 g/mol. The summed E-state index contributed by atoms with van der Waals surface area (Å²) >= 11 is 0. The molecule has 1 fully saturated rings. The highest BCUT2D eigenvalue weighted by molar-refractivity contribution is 6.01. The van der Waals surface area contributed by atoms with Gasteiger partial charge in [0.15, 0.2) is 0 Å². The SMILES string of the molecule is Cc1cc(-c2cc(N3CCOCC3)nc3c(-c4ccn[nH]4)nccc23)cnc1C.N. The molecule has 0 radical (unpaired) electrons. The van der Waals surface area contributed by atoms with Crippen LogP contribution >= 0.6 is 0 Å². The summed E-state index contributed by atoms with van der Waals surface area (Å²) in [6, 6.07) is 8.30. The Morgan fingerprint density at radius 1 is 1.03 bits per heavy atom. The highest BCUT2D eigenvalue weighted by Gasteiger charge is 2.19. The van der Waals surface area contributed by atoms with Crippen LogP contribution in [0.3, 0.4) is 0 Å². The zero-order valence-electron chi connectivity index (χ0n) is 17.2. The Kier molecular flexibility index (Phi) is 5.43. The molecule has 4 aromatic rings. The van der Waals surface area contributed by atoms with E-state index in [0.29, 0.717) is 13.2 Å². The van der Waals surface area contributed by atoms with Gasteiger partial charge in [-0.05, 0) is 49.2 Å². The minimum Gasteiger partial charge on any atom is -0.378 e. The lowest BCUT2D eigenvalue weighted by molar-refractivity contribution is 0.122. The maximum atomic E-state index is 5.53. The Bertz CT molecular complexity index is 1170. The fourth-order valence-corrected chi connectivity index (χ4v) is 3.71. The summed E-state index contributed by atoms with van der Waals surface area (Å²) in [7, 11) is 0. The lowest BCUT2D eigenvalue weighted by atomic mass is 10.00. The van der Waals surface area contributed by atoms with Crippen LogP contribution in [0.4, 0.5) is 5.82 Å². The number of nitrogens with one attached hydrogen (secondary N) is 1. The van der Waals surface area contributed by atoms with Gasteiger partial charge in [-0.3, -0.25) is 15.1 Å². The molecule has 0 saturated carbocycles. The molecule has 1 saturated heterocycles. The Morgan fingerprint density at radius 2 is 1.87 bits per heavy atom. The van der Waals surface area contributed by atoms with E-state index in [1.165, 1.54) is 5.56 Å². The fraction of sp³-hybridized carbons (Fsp3) is 0.273. The van der Waals surface area contributed by atoms with Gasteiger partial charge in [-0.15, -0.1) is 0 Å². The third kappa shape index (κ3) is 3.51. The molecular formula is C22H25N7O. The molecule has 0 aliphatic carbocycles. The van der Waals surface area contributed by atoms with Crippen LogP contribution in [0.1, 0.15) is 11.3 Å². The van der Waals surface area contributed by atoms with Crippen molar-refractivity contribution in [3.8, 4) is 22.5 Å². The maximum Gasteiger partial charge on any atom is 0.130 e. The van der Waals surface area contributed by atoms with Crippen LogP contribution in [-0.2, 0) is 4.74 Å². The van der Waals surface area contributed by atoms with Gasteiger partial charge in [0.25, 0.3) is 0 Å². The van der Waals surface area contributed by atoms with E-state index in [1.807, 2.05) is 31.5 Å². The fourth-order valence-electron chi connectivity index (χ4n) is 3.71. The molecule has 4 aromatic heterocycles. The second-order valence-corrected chi connectivity index (χ2v) is 7.28. The Labute approximate surface area is 174 Å². The van der Waals surface area contributed by atoms with Gasteiger partial charge in [0.1, 0.15) is 17.0 Å². The van der Waals surface area contributed by atoms with Gasteiger partial charge < -0.3 is 15.8 Å². The molecule has 30 heavy (non-hydrogen) atoms. The molecule has 0 atom stereocenters. The third-order valence-electron chi connectivity index (χ3n) is 5.46. The normalized spacial score (nSPS) is 14.0. The van der Waals surface area contributed by atoms with E-state index in [2.05, 4.69) is 44.1 Å². The predicted octanol–water partition coefficient (Wildman–Crippen LogP) is 3.70. The number of rotatable bonds is 3. The first-order valence-corrected chi connectivity index (χ1v) is 9.76. The van der Waals surface area contributed by atoms with Gasteiger partial charge in [-0.2, -0.15) is 5.10 Å². The van der Waals surface area contributed by atoms with Crippen LogP contribution in [0.5, 0.6) is 0 Å². The summed E-state index contributed by atoms with van der Waals surface area (Å²) in [5.74, 6) is 0.933. The summed E-state index contributed by atoms with van der Waals surface area (Å²) in [5.41, 5.74) is 6.91. The predicted molar refractivity (Wildman–Crippen MR) is 118 cm³/mol. The molecule has 8 nitrogen and oxygen atoms in total. The molecule has 8 heteroatoms. The van der Waals surface area contributed by atoms with Gasteiger partial charge in [0.05, 0.1) is 18.9 Å². The Morgan fingerprint density at radius 3 is 2.60 bits per heavy atom. The largest absolute Gasteiger partial charge is 0.378 e. The van der Waals surface area contributed by atoms with Gasteiger partial charge in [0.2, 0.25) is 0 Å². The molecule has 5 heterocycles. The number of H-pyrrole nitrogens is 1. The molecule has 0 amide bonds. The lowest BCUT2D eigenvalue weighted by Crippen LogP contribution is -2.36. The molecule has 0 unspecified atom stereocenters. The minimum absolute atomic E-state index is 0. The topological polar surface area (TPSA) is 115 Å². The zero-order chi connectivity index (χ0) is 19.8. The second kappa shape index (κ2) is 8.17. The van der Waals surface area contributed by atoms with E-state index in [1.54, 1.807) is 6.20 Å². The van der Waals surface area contributed by atoms with Gasteiger partial charge in [-0.1, -0.05) is 0 Å². The Balaban J connectivity index is 0.00000218. The highest BCUT2D eigenvalue weighted by atomic mass is 16.5. The molecule has 1 aliphatic heterocycles. The van der Waals surface area contributed by atoms with Crippen molar-refractivity contribution in [1.82, 2.24) is 31.3 Å². The molecular weight excluding hydrogens is 378 g/mol. The van der Waals surface area contributed by atoms with E-state index < -0.39 is 0 Å². The molecule has 4 N–H and O–H groups in total. The minimum atomic E-state index is 0. The average Bonchev–Trinajstić information content (AvgIpc) is 3.30. The van der Waals surface area contributed by atoms with Crippen molar-refractivity contribution in [2.45, 2.75) is 13.8 Å². The first-order valence-electron chi connectivity index (χ1n) is 9.76. The number of hydrogen-bond acceptors (Lipinski definition) is 7. The van der Waals surface area contributed by atoms with Crippen LogP contribution in [0.2, 0.25) is 0 Å². The van der Waals surface area contributed by atoms with E-state index in [-0.39, 0.29) is 6.15 Å². The summed E-state index contributed by atoms with van der Waals surface area (Å²) in [5, 5.41) is 8.16. The van der Waals surface area contributed by atoms with Crippen molar-refractivity contribution in [3.05, 3.63) is 54.1 Å². The Hall–Kier alpha value is -3.36. The summed E-state index contributed by atoms with van der Waals surface area (Å²) in [4.78, 5) is 16.5. The summed E-state index contributed by atoms with van der Waals surface area (Å²) in [6.45, 7) is 7.19. The standard InChI is InChI=1S/C22H22N6O.H3N/c1-14-11-16(13-24-15(14)2)18-12-20(28-7-9-29-10-8-28)26-21-17(18)3-5-23-22(21)19-4-6-25-27-19;/h3-6,11-13H,7-10H2,1-2H3,(H,25,27);1H3. The van der Waals surface area contributed by atoms with Crippen LogP contribution < -0.4 is 11.1 Å².